The van der Waals surface area contributed by atoms with Crippen LogP contribution in [-0.2, 0) is 16.9 Å². The van der Waals surface area contributed by atoms with Gasteiger partial charge in [0, 0.05) is 28.8 Å². The summed E-state index contributed by atoms with van der Waals surface area (Å²) >= 11 is 0. The van der Waals surface area contributed by atoms with Gasteiger partial charge in [0.2, 0.25) is 5.91 Å². The number of benzene rings is 4. The Labute approximate surface area is 242 Å². The van der Waals surface area contributed by atoms with Gasteiger partial charge in [-0.3, -0.25) is 9.36 Å². The lowest BCUT2D eigenvalue weighted by atomic mass is 9.80. The molecule has 0 radical (unpaired) electrons. The molecule has 0 spiro atoms. The van der Waals surface area contributed by atoms with Gasteiger partial charge in [-0.2, -0.15) is 0 Å². The summed E-state index contributed by atoms with van der Waals surface area (Å²) in [5.41, 5.74) is 6.96. The van der Waals surface area contributed by atoms with Gasteiger partial charge < -0.3 is 4.74 Å². The van der Waals surface area contributed by atoms with Crippen LogP contribution in [0, 0.1) is 5.41 Å². The number of ether oxygens (including phenoxy) is 1. The maximum absolute atomic E-state index is 13.5. The molecule has 2 atom stereocenters. The standard InChI is InChI=1S/C38H35NO2/c1-37(2,3)36(40)39-22-21-28-24-29(33-26-19-20-27(23-26)34(33)35(28)39)25-41-38(30-13-7-4-8-14-30,31-15-9-5-10-16-31)32-17-11-6-12-18-32/h4-22,24,26-27H,23,25H2,1-3H3/t26-,27+/m1/s1. The van der Waals surface area contributed by atoms with E-state index in [0.29, 0.717) is 18.4 Å². The molecular weight excluding hydrogens is 502 g/mol. The Morgan fingerprint density at radius 3 is 1.78 bits per heavy atom. The molecule has 7 rings (SSSR count). The maximum Gasteiger partial charge on any atom is 0.236 e. The van der Waals surface area contributed by atoms with Crippen molar-refractivity contribution in [3.05, 3.63) is 155 Å². The highest BCUT2D eigenvalue weighted by molar-refractivity contribution is 5.98. The van der Waals surface area contributed by atoms with Crippen molar-refractivity contribution in [3.63, 3.8) is 0 Å². The predicted molar refractivity (Wildman–Crippen MR) is 165 cm³/mol. The fraction of sp³-hybridized carbons (Fsp3) is 0.237. The van der Waals surface area contributed by atoms with E-state index in [9.17, 15) is 4.79 Å². The molecule has 0 fully saturated rings. The Bertz CT molecular complexity index is 1660. The smallest absolute Gasteiger partial charge is 0.236 e. The van der Waals surface area contributed by atoms with Crippen molar-refractivity contribution in [1.82, 2.24) is 4.57 Å². The molecule has 204 valence electrons. The van der Waals surface area contributed by atoms with E-state index in [4.69, 9.17) is 4.74 Å². The number of fused-ring (bicyclic) bond motifs is 7. The molecule has 1 aromatic heterocycles. The SMILES string of the molecule is CC(C)(C)C(=O)n1ccc2cc(COC(c3ccccc3)(c3ccccc3)c3ccccc3)c3c(c21)[C@H]1C=C[C@@H]3C1. The van der Waals surface area contributed by atoms with Gasteiger partial charge in [0.25, 0.3) is 0 Å². The van der Waals surface area contributed by atoms with Crippen LogP contribution in [0.15, 0.2) is 121 Å². The lowest BCUT2D eigenvalue weighted by molar-refractivity contribution is -0.0000632. The average Bonchev–Trinajstić information content (AvgIpc) is 3.74. The fourth-order valence-electron chi connectivity index (χ4n) is 6.96. The molecule has 41 heavy (non-hydrogen) atoms. The molecule has 3 nitrogen and oxygen atoms in total. The molecule has 0 N–H and O–H groups in total. The summed E-state index contributed by atoms with van der Waals surface area (Å²) in [6.45, 7) is 6.43. The monoisotopic (exact) mass is 537 g/mol. The van der Waals surface area contributed by atoms with Gasteiger partial charge in [-0.05, 0) is 51.9 Å². The highest BCUT2D eigenvalue weighted by atomic mass is 16.5. The van der Waals surface area contributed by atoms with Crippen molar-refractivity contribution in [3.8, 4) is 0 Å². The summed E-state index contributed by atoms with van der Waals surface area (Å²) in [5.74, 6) is 0.813. The molecule has 3 heteroatoms. The van der Waals surface area contributed by atoms with Crippen molar-refractivity contribution in [2.75, 3.05) is 0 Å². The third kappa shape index (κ3) is 4.10. The molecule has 0 amide bonds. The molecule has 1 heterocycles. The predicted octanol–water partition coefficient (Wildman–Crippen LogP) is 8.98. The first kappa shape index (κ1) is 25.7. The molecule has 2 bridgehead atoms. The van der Waals surface area contributed by atoms with Crippen LogP contribution in [0.2, 0.25) is 0 Å². The number of nitrogens with zero attached hydrogens (tertiary/aromatic N) is 1. The van der Waals surface area contributed by atoms with Gasteiger partial charge in [0.05, 0.1) is 12.1 Å². The van der Waals surface area contributed by atoms with Crippen LogP contribution < -0.4 is 0 Å². The second kappa shape index (κ2) is 9.71. The van der Waals surface area contributed by atoms with E-state index in [0.717, 1.165) is 34.0 Å². The number of aromatic nitrogens is 1. The Kier molecular flexibility index (Phi) is 6.10. The van der Waals surface area contributed by atoms with Crippen molar-refractivity contribution in [2.24, 2.45) is 5.41 Å². The molecule has 4 aromatic carbocycles. The normalized spacial score (nSPS) is 17.7. The number of hydrogen-bond acceptors (Lipinski definition) is 2. The minimum absolute atomic E-state index is 0.127. The first-order valence-electron chi connectivity index (χ1n) is 14.6. The fourth-order valence-corrected chi connectivity index (χ4v) is 6.96. The zero-order valence-electron chi connectivity index (χ0n) is 23.9. The van der Waals surface area contributed by atoms with E-state index in [1.807, 2.05) is 31.5 Å². The Morgan fingerprint density at radius 1 is 0.756 bits per heavy atom. The van der Waals surface area contributed by atoms with Crippen molar-refractivity contribution in [1.29, 1.82) is 0 Å². The zero-order chi connectivity index (χ0) is 28.2. The van der Waals surface area contributed by atoms with Crippen molar-refractivity contribution < 1.29 is 9.53 Å². The van der Waals surface area contributed by atoms with Crippen LogP contribution in [0.1, 0.15) is 77.2 Å². The Balaban J connectivity index is 1.40. The topological polar surface area (TPSA) is 31.2 Å². The Hall–Kier alpha value is -4.21. The van der Waals surface area contributed by atoms with Gasteiger partial charge in [0.1, 0.15) is 5.60 Å². The molecule has 0 saturated carbocycles. The molecule has 0 saturated heterocycles. The molecule has 2 aliphatic carbocycles. The molecule has 5 aromatic rings. The van der Waals surface area contributed by atoms with Crippen LogP contribution in [0.25, 0.3) is 10.9 Å². The second-order valence-corrected chi connectivity index (χ2v) is 12.4. The summed E-state index contributed by atoms with van der Waals surface area (Å²) in [7, 11) is 0. The highest BCUT2D eigenvalue weighted by Gasteiger charge is 2.41. The number of carbonyl (C=O) groups is 1. The number of allylic oxidation sites excluding steroid dienone is 2. The zero-order valence-corrected chi connectivity index (χ0v) is 23.9. The van der Waals surface area contributed by atoms with E-state index in [2.05, 4.69) is 115 Å². The first-order chi connectivity index (χ1) is 19.9. The third-order valence-corrected chi connectivity index (χ3v) is 8.81. The van der Waals surface area contributed by atoms with Crippen molar-refractivity contribution in [2.45, 2.75) is 51.2 Å². The number of rotatable bonds is 6. The summed E-state index contributed by atoms with van der Waals surface area (Å²) < 4.78 is 9.16. The van der Waals surface area contributed by atoms with Crippen LogP contribution >= 0.6 is 0 Å². The molecule has 0 aliphatic heterocycles. The summed E-state index contributed by atoms with van der Waals surface area (Å²) in [5, 5.41) is 1.10. The van der Waals surface area contributed by atoms with Crippen LogP contribution in [0.5, 0.6) is 0 Å². The third-order valence-electron chi connectivity index (χ3n) is 8.81. The molecule has 0 unspecified atom stereocenters. The summed E-state index contributed by atoms with van der Waals surface area (Å²) in [4.78, 5) is 13.5. The van der Waals surface area contributed by atoms with Gasteiger partial charge in [-0.15, -0.1) is 0 Å². The highest BCUT2D eigenvalue weighted by Crippen LogP contribution is 2.53. The van der Waals surface area contributed by atoms with Gasteiger partial charge in [-0.1, -0.05) is 124 Å². The van der Waals surface area contributed by atoms with Crippen LogP contribution in [-0.4, -0.2) is 10.5 Å². The minimum Gasteiger partial charge on any atom is -0.356 e. The number of hydrogen-bond donors (Lipinski definition) is 0. The van der Waals surface area contributed by atoms with Crippen LogP contribution in [0.4, 0.5) is 0 Å². The maximum atomic E-state index is 13.5. The van der Waals surface area contributed by atoms with Gasteiger partial charge >= 0.3 is 0 Å². The lowest BCUT2D eigenvalue weighted by Crippen LogP contribution is -2.33. The van der Waals surface area contributed by atoms with E-state index >= 15 is 0 Å². The minimum atomic E-state index is -0.785. The first-order valence-corrected chi connectivity index (χ1v) is 14.6. The quantitative estimate of drug-likeness (QED) is 0.160. The average molecular weight is 538 g/mol. The molecule has 2 aliphatic rings. The summed E-state index contributed by atoms with van der Waals surface area (Å²) in [6, 6.07) is 36.0. The van der Waals surface area contributed by atoms with E-state index in [1.54, 1.807) is 0 Å². The van der Waals surface area contributed by atoms with Gasteiger partial charge in [-0.25, -0.2) is 0 Å². The van der Waals surface area contributed by atoms with Gasteiger partial charge in [0.15, 0.2) is 0 Å². The van der Waals surface area contributed by atoms with Crippen LogP contribution in [0.3, 0.4) is 0 Å². The van der Waals surface area contributed by atoms with Crippen molar-refractivity contribution >= 4 is 16.8 Å². The second-order valence-electron chi connectivity index (χ2n) is 12.4. The van der Waals surface area contributed by atoms with E-state index in [-0.39, 0.29) is 5.91 Å². The molecular formula is C38H35NO2. The van der Waals surface area contributed by atoms with E-state index < -0.39 is 11.0 Å². The largest absolute Gasteiger partial charge is 0.356 e. The van der Waals surface area contributed by atoms with E-state index in [1.165, 1.54) is 16.7 Å². The Morgan fingerprint density at radius 2 is 1.27 bits per heavy atom. The summed E-state index contributed by atoms with van der Waals surface area (Å²) in [6.07, 6.45) is 7.71. The number of carbonyl (C=O) groups excluding carboxylic acids is 1. The lowest BCUT2D eigenvalue weighted by Gasteiger charge is -2.36.